The van der Waals surface area contributed by atoms with Gasteiger partial charge >= 0.3 is 5.97 Å². The first-order valence-corrected chi connectivity index (χ1v) is 8.96. The first-order chi connectivity index (χ1) is 13.2. The predicted octanol–water partition coefficient (Wildman–Crippen LogP) is -3.04. The van der Waals surface area contributed by atoms with E-state index < -0.39 is 73.1 Å². The van der Waals surface area contributed by atoms with Crippen LogP contribution in [0.25, 0.3) is 0 Å². The van der Waals surface area contributed by atoms with Crippen LogP contribution >= 0.6 is 0 Å². The van der Waals surface area contributed by atoms with Crippen molar-refractivity contribution in [1.82, 2.24) is 0 Å². The highest BCUT2D eigenvalue weighted by molar-refractivity contribution is 5.90. The van der Waals surface area contributed by atoms with E-state index in [1.54, 1.807) is 6.92 Å². The molecule has 1 saturated heterocycles. The second-order valence-electron chi connectivity index (χ2n) is 7.44. The van der Waals surface area contributed by atoms with Crippen LogP contribution in [0.1, 0.15) is 13.3 Å². The van der Waals surface area contributed by atoms with Crippen molar-refractivity contribution in [2.45, 2.75) is 62.0 Å². The molecule has 28 heavy (non-hydrogen) atoms. The van der Waals surface area contributed by atoms with E-state index in [2.05, 4.69) is 4.74 Å². The first kappa shape index (κ1) is 21.4. The summed E-state index contributed by atoms with van der Waals surface area (Å²) in [6, 6.07) is 0. The fourth-order valence-corrected chi connectivity index (χ4v) is 4.16. The maximum Gasteiger partial charge on any atom is 0.339 e. The van der Waals surface area contributed by atoms with E-state index in [4.69, 9.17) is 14.2 Å². The van der Waals surface area contributed by atoms with Gasteiger partial charge in [0.05, 0.1) is 32.0 Å². The van der Waals surface area contributed by atoms with Crippen LogP contribution in [0.2, 0.25) is 0 Å². The molecule has 1 saturated carbocycles. The molecule has 11 heteroatoms. The number of ether oxygens (including phenoxy) is 4. The lowest BCUT2D eigenvalue weighted by Crippen LogP contribution is -2.61. The van der Waals surface area contributed by atoms with E-state index in [0.29, 0.717) is 0 Å². The topological polar surface area (TPSA) is 175 Å². The zero-order chi connectivity index (χ0) is 20.8. The Morgan fingerprint density at radius 2 is 1.89 bits per heavy atom. The summed E-state index contributed by atoms with van der Waals surface area (Å²) in [4.78, 5) is 12.0. The van der Waals surface area contributed by atoms with Gasteiger partial charge in [-0.25, -0.2) is 4.79 Å². The molecule has 2 aliphatic heterocycles. The lowest BCUT2D eigenvalue weighted by molar-refractivity contribution is -0.347. The average Bonchev–Trinajstić information content (AvgIpc) is 2.91. The molecule has 2 unspecified atom stereocenters. The first-order valence-electron chi connectivity index (χ1n) is 8.96. The van der Waals surface area contributed by atoms with Gasteiger partial charge in [-0.15, -0.1) is 0 Å². The number of hydrogen-bond donors (Lipinski definition) is 6. The highest BCUT2D eigenvalue weighted by atomic mass is 16.8. The van der Waals surface area contributed by atoms with E-state index in [9.17, 15) is 35.4 Å². The number of esters is 1. The normalized spacial score (nSPS) is 48.4. The molecule has 0 radical (unpaired) electrons. The third-order valence-electron chi connectivity index (χ3n) is 5.85. The Hall–Kier alpha value is -1.31. The highest BCUT2D eigenvalue weighted by Crippen LogP contribution is 2.50. The highest BCUT2D eigenvalue weighted by Gasteiger charge is 2.61. The molecule has 2 heterocycles. The van der Waals surface area contributed by atoms with Crippen LogP contribution in [0.15, 0.2) is 11.8 Å². The van der Waals surface area contributed by atoms with Gasteiger partial charge in [-0.2, -0.15) is 0 Å². The van der Waals surface area contributed by atoms with Gasteiger partial charge in [0.1, 0.15) is 35.6 Å². The summed E-state index contributed by atoms with van der Waals surface area (Å²) >= 11 is 0. The average molecular weight is 406 g/mol. The molecular weight excluding hydrogens is 380 g/mol. The fourth-order valence-electron chi connectivity index (χ4n) is 4.16. The zero-order valence-electron chi connectivity index (χ0n) is 15.4. The fraction of sp³-hybridized carbons (Fsp3) is 0.824. The van der Waals surface area contributed by atoms with Crippen molar-refractivity contribution in [1.29, 1.82) is 0 Å². The van der Waals surface area contributed by atoms with Gasteiger partial charge in [-0.1, -0.05) is 6.92 Å². The summed E-state index contributed by atoms with van der Waals surface area (Å²) in [5.41, 5.74) is -1.97. The van der Waals surface area contributed by atoms with E-state index in [-0.39, 0.29) is 12.0 Å². The summed E-state index contributed by atoms with van der Waals surface area (Å²) < 4.78 is 21.0. The van der Waals surface area contributed by atoms with Gasteiger partial charge in [0, 0.05) is 6.42 Å². The number of methoxy groups -OCH3 is 1. The van der Waals surface area contributed by atoms with Gasteiger partial charge < -0.3 is 49.6 Å². The van der Waals surface area contributed by atoms with Crippen LogP contribution < -0.4 is 0 Å². The van der Waals surface area contributed by atoms with E-state index >= 15 is 0 Å². The number of carbonyl (C=O) groups excluding carboxylic acids is 1. The number of fused-ring (bicyclic) bond motifs is 1. The summed E-state index contributed by atoms with van der Waals surface area (Å²) in [7, 11) is 1.15. The van der Waals surface area contributed by atoms with Crippen LogP contribution in [0.5, 0.6) is 0 Å². The summed E-state index contributed by atoms with van der Waals surface area (Å²) in [5.74, 6) is -2.30. The molecule has 0 spiro atoms. The summed E-state index contributed by atoms with van der Waals surface area (Å²) in [6.07, 6.45) is -8.95. The molecule has 3 rings (SSSR count). The van der Waals surface area contributed by atoms with E-state index in [0.717, 1.165) is 13.4 Å². The summed E-state index contributed by atoms with van der Waals surface area (Å²) in [5, 5.41) is 60.6. The third kappa shape index (κ3) is 3.31. The number of carbonyl (C=O) groups is 1. The van der Waals surface area contributed by atoms with Gasteiger partial charge in [-0.05, 0) is 5.92 Å². The standard InChI is InChI=1S/C17H26O11/c1-6-8(19)3-17(24)7(14(23)25-2)5-26-15(10(6)17)28-16-13(22)12(21)11(20)9(4-18)27-16/h5-6,8-13,15-16,18-22,24H,3-4H2,1-2H3/t6?,8-,9+,10?,11+,12-,13+,15-,16-,17-/m0/s1. The Bertz CT molecular complexity index is 622. The third-order valence-corrected chi connectivity index (χ3v) is 5.85. The van der Waals surface area contributed by atoms with Crippen LogP contribution in [0.3, 0.4) is 0 Å². The van der Waals surface area contributed by atoms with E-state index in [1.165, 1.54) is 0 Å². The Labute approximate surface area is 160 Å². The van der Waals surface area contributed by atoms with Crippen LogP contribution in [0, 0.1) is 11.8 Å². The smallest absolute Gasteiger partial charge is 0.339 e. The Morgan fingerprint density at radius 3 is 2.50 bits per heavy atom. The lowest BCUT2D eigenvalue weighted by Gasteiger charge is -2.44. The van der Waals surface area contributed by atoms with Crippen LogP contribution in [-0.4, -0.2) is 99.0 Å². The van der Waals surface area contributed by atoms with Crippen molar-refractivity contribution >= 4 is 5.97 Å². The molecule has 10 atom stereocenters. The lowest BCUT2D eigenvalue weighted by atomic mass is 9.79. The molecule has 11 nitrogen and oxygen atoms in total. The molecule has 0 aromatic heterocycles. The molecule has 0 amide bonds. The van der Waals surface area contributed by atoms with Gasteiger partial charge in [0.15, 0.2) is 6.29 Å². The predicted molar refractivity (Wildman–Crippen MR) is 88.1 cm³/mol. The molecule has 0 aromatic rings. The number of aliphatic hydroxyl groups excluding tert-OH is 5. The van der Waals surface area contributed by atoms with Gasteiger partial charge in [-0.3, -0.25) is 0 Å². The minimum atomic E-state index is -1.80. The second-order valence-corrected chi connectivity index (χ2v) is 7.44. The minimum Gasteiger partial charge on any atom is -0.471 e. The molecule has 1 aliphatic carbocycles. The monoisotopic (exact) mass is 406 g/mol. The maximum atomic E-state index is 12.0. The molecule has 160 valence electrons. The van der Waals surface area contributed by atoms with Gasteiger partial charge in [0.25, 0.3) is 0 Å². The molecular formula is C17H26O11. The van der Waals surface area contributed by atoms with Crippen molar-refractivity contribution in [2.75, 3.05) is 13.7 Å². The number of aliphatic hydroxyl groups is 6. The van der Waals surface area contributed by atoms with Crippen molar-refractivity contribution in [3.8, 4) is 0 Å². The SMILES string of the molecule is COC(=O)C1=CO[C@@H](O[C@@H]2O[C@H](CO)[C@@H](O)[C@H](O)[C@H]2O)C2C(C)[C@@H](O)C[C@]12O. The maximum absolute atomic E-state index is 12.0. The van der Waals surface area contributed by atoms with E-state index in [1.807, 2.05) is 0 Å². The van der Waals surface area contributed by atoms with Gasteiger partial charge in [0.2, 0.25) is 6.29 Å². The molecule has 6 N–H and O–H groups in total. The molecule has 2 fully saturated rings. The Morgan fingerprint density at radius 1 is 1.21 bits per heavy atom. The number of rotatable bonds is 4. The molecule has 0 bridgehead atoms. The number of hydrogen-bond acceptors (Lipinski definition) is 11. The van der Waals surface area contributed by atoms with Crippen LogP contribution in [0.4, 0.5) is 0 Å². The van der Waals surface area contributed by atoms with Crippen molar-refractivity contribution < 1.29 is 54.4 Å². The Balaban J connectivity index is 1.86. The molecule has 3 aliphatic rings. The second kappa shape index (κ2) is 7.84. The van der Waals surface area contributed by atoms with Crippen molar-refractivity contribution in [3.63, 3.8) is 0 Å². The van der Waals surface area contributed by atoms with Crippen LogP contribution in [-0.2, 0) is 23.7 Å². The minimum absolute atomic E-state index is 0.155. The summed E-state index contributed by atoms with van der Waals surface area (Å²) in [6.45, 7) is 1.01. The largest absolute Gasteiger partial charge is 0.471 e. The van der Waals surface area contributed by atoms with Crippen molar-refractivity contribution in [3.05, 3.63) is 11.8 Å². The quantitative estimate of drug-likeness (QED) is 0.262. The van der Waals surface area contributed by atoms with Crippen molar-refractivity contribution in [2.24, 2.45) is 11.8 Å². The molecule has 0 aromatic carbocycles. The Kier molecular flexibility index (Phi) is 5.99. The zero-order valence-corrected chi connectivity index (χ0v) is 15.4.